The van der Waals surface area contributed by atoms with E-state index in [1.54, 1.807) is 0 Å². The fourth-order valence-corrected chi connectivity index (χ4v) is 1.12. The van der Waals surface area contributed by atoms with Gasteiger partial charge in [0.1, 0.15) is 0 Å². The lowest BCUT2D eigenvalue weighted by molar-refractivity contribution is -0.798. The van der Waals surface area contributed by atoms with Crippen molar-refractivity contribution in [3.8, 4) is 0 Å². The topological polar surface area (TPSA) is 129 Å². The van der Waals surface area contributed by atoms with Gasteiger partial charge in [-0.05, 0) is 11.6 Å². The van der Waals surface area contributed by atoms with E-state index in [2.05, 4.69) is 0 Å². The van der Waals surface area contributed by atoms with Crippen LogP contribution in [0.15, 0.2) is 0 Å². The Hall–Kier alpha value is -1.51. The highest BCUT2D eigenvalue weighted by Gasteiger charge is 2.59. The van der Waals surface area contributed by atoms with Crippen molar-refractivity contribution >= 4 is 11.6 Å². The molecule has 0 spiro atoms. The SMILES string of the molecule is CC(Cl)(CC(C)([N+](=O)[O-])[N+](=O)[O-])[N+](=O)[O-]. The Morgan fingerprint density at radius 3 is 1.53 bits per heavy atom. The van der Waals surface area contributed by atoms with Gasteiger partial charge in [-0.2, -0.15) is 0 Å². The van der Waals surface area contributed by atoms with E-state index in [1.165, 1.54) is 0 Å². The number of halogens is 1. The lowest BCUT2D eigenvalue weighted by Crippen LogP contribution is -2.49. The Morgan fingerprint density at radius 1 is 1.00 bits per heavy atom. The fourth-order valence-electron chi connectivity index (χ4n) is 0.872. The van der Waals surface area contributed by atoms with E-state index in [0.717, 1.165) is 6.92 Å². The smallest absolute Gasteiger partial charge is 0.263 e. The zero-order valence-electron chi connectivity index (χ0n) is 7.88. The second-order valence-corrected chi connectivity index (χ2v) is 4.12. The van der Waals surface area contributed by atoms with Crippen LogP contribution in [0.4, 0.5) is 0 Å². The maximum atomic E-state index is 10.4. The van der Waals surface area contributed by atoms with E-state index in [-0.39, 0.29) is 0 Å². The van der Waals surface area contributed by atoms with Gasteiger partial charge < -0.3 is 0 Å². The molecule has 0 rings (SSSR count). The molecule has 1 atom stereocenters. The van der Waals surface area contributed by atoms with Crippen molar-refractivity contribution in [1.82, 2.24) is 0 Å². The van der Waals surface area contributed by atoms with Gasteiger partial charge in [0.2, 0.25) is 0 Å². The molecule has 1 unspecified atom stereocenters. The van der Waals surface area contributed by atoms with Crippen molar-refractivity contribution in [3.05, 3.63) is 30.3 Å². The van der Waals surface area contributed by atoms with Gasteiger partial charge in [-0.25, -0.2) is 0 Å². The first-order valence-electron chi connectivity index (χ1n) is 3.66. The number of rotatable bonds is 5. The van der Waals surface area contributed by atoms with Gasteiger partial charge in [0.15, 0.2) is 6.42 Å². The van der Waals surface area contributed by atoms with E-state index in [1.807, 2.05) is 0 Å². The lowest BCUT2D eigenvalue weighted by atomic mass is 10.0. The van der Waals surface area contributed by atoms with Crippen LogP contribution >= 0.6 is 11.6 Å². The highest BCUT2D eigenvalue weighted by Crippen LogP contribution is 2.29. The first-order valence-corrected chi connectivity index (χ1v) is 4.04. The molecule has 0 saturated carbocycles. The van der Waals surface area contributed by atoms with Crippen LogP contribution in [0, 0.1) is 30.3 Å². The van der Waals surface area contributed by atoms with Gasteiger partial charge >= 0.3 is 10.7 Å². The summed E-state index contributed by atoms with van der Waals surface area (Å²) in [7, 11) is 0. The van der Waals surface area contributed by atoms with E-state index >= 15 is 0 Å². The second kappa shape index (κ2) is 3.93. The van der Waals surface area contributed by atoms with Gasteiger partial charge in [0.25, 0.3) is 0 Å². The summed E-state index contributed by atoms with van der Waals surface area (Å²) in [6, 6.07) is 0. The molecule has 0 bridgehead atoms. The van der Waals surface area contributed by atoms with Gasteiger partial charge in [-0.3, -0.25) is 30.3 Å². The molecule has 0 heterocycles. The zero-order valence-corrected chi connectivity index (χ0v) is 8.63. The number of alkyl halides is 1. The maximum Gasteiger partial charge on any atom is 0.464 e. The number of hydrogen-bond donors (Lipinski definition) is 0. The van der Waals surface area contributed by atoms with Crippen LogP contribution in [0.2, 0.25) is 0 Å². The Labute approximate surface area is 88.5 Å². The minimum atomic E-state index is -2.66. The molecule has 0 fully saturated rings. The fraction of sp³-hybridized carbons (Fsp3) is 1.00. The standard InChI is InChI=1S/C5H8ClN3O6/c1-4(6,7(10)11)3-5(2,8(12)13)9(14)15/h3H2,1-2H3. The van der Waals surface area contributed by atoms with Crippen molar-refractivity contribution < 1.29 is 14.8 Å². The lowest BCUT2D eigenvalue weighted by Gasteiger charge is -2.17. The molecule has 0 aromatic heterocycles. The molecular weight excluding hydrogens is 234 g/mol. The minimum Gasteiger partial charge on any atom is -0.263 e. The van der Waals surface area contributed by atoms with E-state index < -0.39 is 31.9 Å². The summed E-state index contributed by atoms with van der Waals surface area (Å²) in [4.78, 5) is 25.6. The third-order valence-electron chi connectivity index (χ3n) is 1.82. The van der Waals surface area contributed by atoms with Crippen molar-refractivity contribution in [1.29, 1.82) is 0 Å². The predicted octanol–water partition coefficient (Wildman–Crippen LogP) is 0.878. The van der Waals surface area contributed by atoms with E-state index in [9.17, 15) is 30.3 Å². The Balaban J connectivity index is 5.11. The molecule has 0 aromatic carbocycles. The maximum absolute atomic E-state index is 10.4. The molecular formula is C5H8ClN3O6. The molecule has 86 valence electrons. The normalized spacial score (nSPS) is 15.4. The van der Waals surface area contributed by atoms with Crippen molar-refractivity contribution in [2.45, 2.75) is 30.9 Å². The Morgan fingerprint density at radius 2 is 1.33 bits per heavy atom. The predicted molar refractivity (Wildman–Crippen MR) is 48.3 cm³/mol. The monoisotopic (exact) mass is 241 g/mol. The van der Waals surface area contributed by atoms with Crippen molar-refractivity contribution in [3.63, 3.8) is 0 Å². The number of nitro groups is 3. The summed E-state index contributed by atoms with van der Waals surface area (Å²) >= 11 is 5.34. The summed E-state index contributed by atoms with van der Waals surface area (Å²) in [5.41, 5.74) is -2.66. The average molecular weight is 242 g/mol. The van der Waals surface area contributed by atoms with E-state index in [4.69, 9.17) is 11.6 Å². The van der Waals surface area contributed by atoms with Crippen LogP contribution in [0.3, 0.4) is 0 Å². The third-order valence-corrected chi connectivity index (χ3v) is 2.10. The van der Waals surface area contributed by atoms with Gasteiger partial charge in [-0.15, -0.1) is 0 Å². The van der Waals surface area contributed by atoms with Crippen LogP contribution in [0.5, 0.6) is 0 Å². The highest BCUT2D eigenvalue weighted by molar-refractivity contribution is 6.22. The number of nitrogens with zero attached hydrogens (tertiary/aromatic N) is 3. The third kappa shape index (κ3) is 2.72. The van der Waals surface area contributed by atoms with Gasteiger partial charge in [-0.1, -0.05) is 0 Å². The van der Waals surface area contributed by atoms with Gasteiger partial charge in [0, 0.05) is 11.8 Å². The van der Waals surface area contributed by atoms with Crippen LogP contribution in [-0.2, 0) is 0 Å². The van der Waals surface area contributed by atoms with Crippen molar-refractivity contribution in [2.24, 2.45) is 0 Å². The number of hydrogen-bond acceptors (Lipinski definition) is 6. The zero-order chi connectivity index (χ0) is 12.4. The van der Waals surface area contributed by atoms with Crippen LogP contribution < -0.4 is 0 Å². The molecule has 0 aliphatic rings. The summed E-state index contributed by atoms with van der Waals surface area (Å²) in [6.07, 6.45) is -1.01. The summed E-state index contributed by atoms with van der Waals surface area (Å²) in [5.74, 6) is 0. The average Bonchev–Trinajstić information content (AvgIpc) is 2.02. The molecule has 0 aliphatic heterocycles. The summed E-state index contributed by atoms with van der Waals surface area (Å²) < 4.78 is 0. The quantitative estimate of drug-likeness (QED) is 0.231. The van der Waals surface area contributed by atoms with Crippen LogP contribution in [-0.4, -0.2) is 25.4 Å². The molecule has 0 saturated heterocycles. The summed E-state index contributed by atoms with van der Waals surface area (Å²) in [6.45, 7) is 1.55. The highest BCUT2D eigenvalue weighted by atomic mass is 35.5. The Kier molecular flexibility index (Phi) is 3.53. The Bertz CT molecular complexity index is 302. The molecule has 0 N–H and O–H groups in total. The molecule has 0 radical (unpaired) electrons. The van der Waals surface area contributed by atoms with Crippen LogP contribution in [0.25, 0.3) is 0 Å². The minimum absolute atomic E-state index is 0.678. The van der Waals surface area contributed by atoms with E-state index in [0.29, 0.717) is 6.92 Å². The molecule has 10 heteroatoms. The van der Waals surface area contributed by atoms with Gasteiger partial charge in [0.05, 0.1) is 16.8 Å². The first kappa shape index (κ1) is 13.5. The molecule has 0 amide bonds. The first-order chi connectivity index (χ1) is 6.54. The van der Waals surface area contributed by atoms with Crippen molar-refractivity contribution in [2.75, 3.05) is 0 Å². The molecule has 0 aliphatic carbocycles. The molecule has 0 aromatic rings. The largest absolute Gasteiger partial charge is 0.464 e. The molecule has 15 heavy (non-hydrogen) atoms. The second-order valence-electron chi connectivity index (χ2n) is 3.31. The summed E-state index contributed by atoms with van der Waals surface area (Å²) in [5, 5.41) is 31.3. The molecule has 9 nitrogen and oxygen atoms in total. The van der Waals surface area contributed by atoms with Crippen LogP contribution in [0.1, 0.15) is 20.3 Å².